The van der Waals surface area contributed by atoms with Crippen molar-refractivity contribution in [2.24, 2.45) is 0 Å². The summed E-state index contributed by atoms with van der Waals surface area (Å²) in [6, 6.07) is 25.1. The monoisotopic (exact) mass is 458 g/mol. The molecule has 168 valence electrons. The quantitative estimate of drug-likeness (QED) is 0.341. The summed E-state index contributed by atoms with van der Waals surface area (Å²) in [6.45, 7) is 5.26. The van der Waals surface area contributed by atoms with Crippen LogP contribution < -0.4 is 4.74 Å². The van der Waals surface area contributed by atoms with Crippen molar-refractivity contribution in [1.29, 1.82) is 0 Å². The Morgan fingerprint density at radius 1 is 1.06 bits per heavy atom. The highest BCUT2D eigenvalue weighted by atomic mass is 35.5. The van der Waals surface area contributed by atoms with Crippen molar-refractivity contribution in [3.05, 3.63) is 119 Å². The molecule has 0 amide bonds. The molecule has 3 nitrogen and oxygen atoms in total. The smallest absolute Gasteiger partial charge is 0.119 e. The minimum atomic E-state index is -0.0284. The summed E-state index contributed by atoms with van der Waals surface area (Å²) in [7, 11) is 0. The van der Waals surface area contributed by atoms with Crippen molar-refractivity contribution >= 4 is 23.3 Å². The summed E-state index contributed by atoms with van der Waals surface area (Å²) < 4.78 is 11.9. The third-order valence-electron chi connectivity index (χ3n) is 5.65. The molecule has 3 aromatic rings. The summed E-state index contributed by atoms with van der Waals surface area (Å²) in [4.78, 5) is 0. The van der Waals surface area contributed by atoms with Crippen LogP contribution in [0.15, 0.2) is 103 Å². The first kappa shape index (κ1) is 22.9. The van der Waals surface area contributed by atoms with Crippen molar-refractivity contribution in [3.8, 4) is 11.5 Å². The third kappa shape index (κ3) is 6.16. The zero-order valence-corrected chi connectivity index (χ0v) is 19.2. The lowest BCUT2D eigenvalue weighted by molar-refractivity contribution is 0.117. The maximum atomic E-state index is 9.69. The molecule has 1 atom stereocenters. The summed E-state index contributed by atoms with van der Waals surface area (Å²) in [5.74, 6) is 0.985. The zero-order valence-electron chi connectivity index (χ0n) is 18.4. The van der Waals surface area contributed by atoms with E-state index in [-0.39, 0.29) is 11.9 Å². The molecular formula is C29H27ClO3. The number of rotatable bonds is 9. The van der Waals surface area contributed by atoms with Gasteiger partial charge in [0.25, 0.3) is 0 Å². The molecule has 1 aliphatic rings. The predicted molar refractivity (Wildman–Crippen MR) is 136 cm³/mol. The highest BCUT2D eigenvalue weighted by molar-refractivity contribution is 6.32. The van der Waals surface area contributed by atoms with Gasteiger partial charge < -0.3 is 14.6 Å². The highest BCUT2D eigenvalue weighted by Gasteiger charge is 2.23. The number of para-hydroxylation sites is 1. The zero-order chi connectivity index (χ0) is 23.0. The Kier molecular flexibility index (Phi) is 7.66. The molecule has 3 aromatic carbocycles. The van der Waals surface area contributed by atoms with Gasteiger partial charge in [-0.15, -0.1) is 0 Å². The number of halogens is 1. The van der Waals surface area contributed by atoms with Crippen molar-refractivity contribution in [2.75, 3.05) is 13.2 Å². The SMILES string of the molecule is C=C(COc1ccccc1)C1=CCOC1CC/C(=C/c1ccc(O)cc1Cl)c1ccccc1. The van der Waals surface area contributed by atoms with Gasteiger partial charge in [0, 0.05) is 0 Å². The van der Waals surface area contributed by atoms with Crippen molar-refractivity contribution < 1.29 is 14.6 Å². The van der Waals surface area contributed by atoms with E-state index in [2.05, 4.69) is 30.9 Å². The first-order chi connectivity index (χ1) is 16.1. The number of phenols is 1. The average molecular weight is 459 g/mol. The fourth-order valence-corrected chi connectivity index (χ4v) is 4.15. The van der Waals surface area contributed by atoms with E-state index < -0.39 is 0 Å². The molecule has 0 fully saturated rings. The minimum Gasteiger partial charge on any atom is -0.508 e. The van der Waals surface area contributed by atoms with E-state index in [9.17, 15) is 5.11 Å². The lowest BCUT2D eigenvalue weighted by atomic mass is 9.93. The van der Waals surface area contributed by atoms with Crippen LogP contribution in [0.2, 0.25) is 5.02 Å². The fraction of sp³-hybridized carbons (Fsp3) is 0.172. The fourth-order valence-electron chi connectivity index (χ4n) is 3.92. The lowest BCUT2D eigenvalue weighted by Gasteiger charge is -2.18. The molecule has 0 saturated heterocycles. The lowest BCUT2D eigenvalue weighted by Crippen LogP contribution is -2.14. The van der Waals surface area contributed by atoms with Gasteiger partial charge >= 0.3 is 0 Å². The Bertz CT molecular complexity index is 1150. The molecular weight excluding hydrogens is 432 g/mol. The maximum Gasteiger partial charge on any atom is 0.119 e. The van der Waals surface area contributed by atoms with Crippen LogP contribution in [0.4, 0.5) is 0 Å². The van der Waals surface area contributed by atoms with E-state index in [1.807, 2.05) is 54.6 Å². The molecule has 1 N–H and O–H groups in total. The molecule has 1 aliphatic heterocycles. The van der Waals surface area contributed by atoms with Gasteiger partial charge in [-0.05, 0) is 77.1 Å². The van der Waals surface area contributed by atoms with Crippen molar-refractivity contribution in [1.82, 2.24) is 0 Å². The first-order valence-electron chi connectivity index (χ1n) is 11.0. The van der Waals surface area contributed by atoms with Crippen LogP contribution in [0, 0.1) is 0 Å². The molecule has 1 unspecified atom stereocenters. The molecule has 0 aliphatic carbocycles. The number of phenolic OH excluding ortho intramolecular Hbond substituents is 1. The van der Waals surface area contributed by atoms with Crippen LogP contribution in [-0.4, -0.2) is 24.4 Å². The highest BCUT2D eigenvalue weighted by Crippen LogP contribution is 2.32. The number of allylic oxidation sites excluding steroid dienone is 1. The van der Waals surface area contributed by atoms with E-state index >= 15 is 0 Å². The number of hydrogen-bond donors (Lipinski definition) is 1. The number of benzene rings is 3. The average Bonchev–Trinajstić information content (AvgIpc) is 3.31. The molecule has 0 aromatic heterocycles. The van der Waals surface area contributed by atoms with Crippen LogP contribution in [0.25, 0.3) is 11.6 Å². The number of ether oxygens (including phenoxy) is 2. The second kappa shape index (κ2) is 11.0. The van der Waals surface area contributed by atoms with Gasteiger partial charge in [0.05, 0.1) is 17.7 Å². The largest absolute Gasteiger partial charge is 0.508 e. The van der Waals surface area contributed by atoms with Crippen LogP contribution in [-0.2, 0) is 4.74 Å². The molecule has 33 heavy (non-hydrogen) atoms. The van der Waals surface area contributed by atoms with Gasteiger partial charge in [0.1, 0.15) is 18.1 Å². The molecule has 0 bridgehead atoms. The summed E-state index contributed by atoms with van der Waals surface area (Å²) >= 11 is 6.37. The van der Waals surface area contributed by atoms with E-state index in [1.54, 1.807) is 12.1 Å². The summed E-state index contributed by atoms with van der Waals surface area (Å²) in [6.07, 6.45) is 5.77. The molecule has 4 heteroatoms. The Balaban J connectivity index is 1.46. The third-order valence-corrected chi connectivity index (χ3v) is 5.97. The number of hydrogen-bond acceptors (Lipinski definition) is 3. The Labute approximate surface area is 200 Å². The van der Waals surface area contributed by atoms with Crippen LogP contribution >= 0.6 is 11.6 Å². The van der Waals surface area contributed by atoms with E-state index in [0.717, 1.165) is 46.4 Å². The van der Waals surface area contributed by atoms with E-state index in [4.69, 9.17) is 21.1 Å². The van der Waals surface area contributed by atoms with Crippen LogP contribution in [0.1, 0.15) is 24.0 Å². The van der Waals surface area contributed by atoms with Gasteiger partial charge in [-0.25, -0.2) is 0 Å². The molecule has 1 heterocycles. The first-order valence-corrected chi connectivity index (χ1v) is 11.4. The van der Waals surface area contributed by atoms with Crippen molar-refractivity contribution in [3.63, 3.8) is 0 Å². The second-order valence-corrected chi connectivity index (χ2v) is 8.37. The molecule has 4 rings (SSSR count). The van der Waals surface area contributed by atoms with E-state index in [0.29, 0.717) is 18.2 Å². The molecule has 0 saturated carbocycles. The predicted octanol–water partition coefficient (Wildman–Crippen LogP) is 7.33. The van der Waals surface area contributed by atoms with Crippen LogP contribution in [0.3, 0.4) is 0 Å². The Morgan fingerprint density at radius 2 is 1.79 bits per heavy atom. The molecule has 0 radical (unpaired) electrons. The normalized spacial score (nSPS) is 15.8. The van der Waals surface area contributed by atoms with Gasteiger partial charge in [-0.1, -0.05) is 72.8 Å². The second-order valence-electron chi connectivity index (χ2n) is 7.97. The topological polar surface area (TPSA) is 38.7 Å². The van der Waals surface area contributed by atoms with Gasteiger partial charge in [-0.3, -0.25) is 0 Å². The van der Waals surface area contributed by atoms with E-state index in [1.165, 1.54) is 0 Å². The Morgan fingerprint density at radius 3 is 2.52 bits per heavy atom. The van der Waals surface area contributed by atoms with Gasteiger partial charge in [0.15, 0.2) is 0 Å². The van der Waals surface area contributed by atoms with Gasteiger partial charge in [0.2, 0.25) is 0 Å². The molecule has 0 spiro atoms. The summed E-state index contributed by atoms with van der Waals surface area (Å²) in [5.41, 5.74) is 5.21. The van der Waals surface area contributed by atoms with Gasteiger partial charge in [-0.2, -0.15) is 0 Å². The standard InChI is InChI=1S/C29H27ClO3/c1-21(20-33-26-10-6-3-7-11-26)27-16-17-32-29(27)15-13-23(22-8-4-2-5-9-22)18-24-12-14-25(31)19-28(24)30/h2-12,14,16,18-19,29,31H,1,13,15,17,20H2/b23-18-. The van der Waals surface area contributed by atoms with Crippen molar-refractivity contribution in [2.45, 2.75) is 18.9 Å². The number of aromatic hydroxyl groups is 1. The minimum absolute atomic E-state index is 0.0284. The maximum absolute atomic E-state index is 9.69. The van der Waals surface area contributed by atoms with Crippen LogP contribution in [0.5, 0.6) is 11.5 Å². The Hall–Kier alpha value is -3.27. The summed E-state index contributed by atoms with van der Waals surface area (Å²) in [5, 5.41) is 10.2.